The molecule has 0 spiro atoms. The number of imidazole rings is 1. The number of anilines is 3. The lowest BCUT2D eigenvalue weighted by molar-refractivity contribution is 0.243. The molecule has 214 valence electrons. The number of benzene rings is 2. The summed E-state index contributed by atoms with van der Waals surface area (Å²) >= 11 is 0. The van der Waals surface area contributed by atoms with Gasteiger partial charge in [0.25, 0.3) is 0 Å². The van der Waals surface area contributed by atoms with Gasteiger partial charge in [0.2, 0.25) is 11.7 Å². The van der Waals surface area contributed by atoms with E-state index < -0.39 is 0 Å². The number of aromatic nitrogens is 4. The number of fused-ring (bicyclic) bond motifs is 1. The quantitative estimate of drug-likeness (QED) is 0.307. The van der Waals surface area contributed by atoms with E-state index in [0.29, 0.717) is 29.1 Å². The zero-order chi connectivity index (χ0) is 28.3. The van der Waals surface area contributed by atoms with Crippen LogP contribution in [0.5, 0.6) is 17.2 Å². The second-order valence-electron chi connectivity index (χ2n) is 10.6. The van der Waals surface area contributed by atoms with E-state index in [4.69, 9.17) is 24.2 Å². The van der Waals surface area contributed by atoms with E-state index in [9.17, 15) is 0 Å². The molecule has 0 aliphatic carbocycles. The Kier molecular flexibility index (Phi) is 7.65. The largest absolute Gasteiger partial charge is 0.493 e. The molecule has 41 heavy (non-hydrogen) atoms. The summed E-state index contributed by atoms with van der Waals surface area (Å²) in [6.07, 6.45) is 6.91. The highest BCUT2D eigenvalue weighted by molar-refractivity contribution is 5.62. The van der Waals surface area contributed by atoms with Crippen LogP contribution in [0.2, 0.25) is 0 Å². The maximum atomic E-state index is 5.55. The summed E-state index contributed by atoms with van der Waals surface area (Å²) in [7, 11) is 4.82. The van der Waals surface area contributed by atoms with E-state index in [2.05, 4.69) is 57.4 Å². The smallest absolute Gasteiger partial charge is 0.227 e. The van der Waals surface area contributed by atoms with Crippen LogP contribution in [0.4, 0.5) is 17.6 Å². The maximum Gasteiger partial charge on any atom is 0.227 e. The Hall–Kier alpha value is -4.31. The van der Waals surface area contributed by atoms with Crippen molar-refractivity contribution in [2.75, 3.05) is 44.6 Å². The molecule has 1 saturated heterocycles. The molecular formula is C31H37N7O3. The average molecular weight is 556 g/mol. The van der Waals surface area contributed by atoms with Crippen LogP contribution >= 0.6 is 0 Å². The fourth-order valence-corrected chi connectivity index (χ4v) is 5.76. The highest BCUT2D eigenvalue weighted by atomic mass is 16.5. The molecule has 0 bridgehead atoms. The Balaban J connectivity index is 1.32. The van der Waals surface area contributed by atoms with Crippen LogP contribution in [0, 0.1) is 0 Å². The van der Waals surface area contributed by atoms with E-state index in [1.807, 2.05) is 22.9 Å². The van der Waals surface area contributed by atoms with Gasteiger partial charge in [-0.15, -0.1) is 0 Å². The minimum absolute atomic E-state index is 0.429. The molecule has 4 heterocycles. The normalized spacial score (nSPS) is 16.9. The van der Waals surface area contributed by atoms with Crippen LogP contribution in [-0.2, 0) is 19.5 Å². The Labute approximate surface area is 240 Å². The van der Waals surface area contributed by atoms with Crippen LogP contribution in [-0.4, -0.2) is 64.9 Å². The molecule has 10 heteroatoms. The fraction of sp³-hybridized carbons (Fsp3) is 0.387. The fourth-order valence-electron chi connectivity index (χ4n) is 5.76. The zero-order valence-electron chi connectivity index (χ0n) is 24.1. The van der Waals surface area contributed by atoms with Gasteiger partial charge in [0.1, 0.15) is 18.0 Å². The van der Waals surface area contributed by atoms with Gasteiger partial charge in [0.15, 0.2) is 11.5 Å². The first kappa shape index (κ1) is 26.9. The number of ether oxygens (including phenoxy) is 3. The Bertz CT molecular complexity index is 1480. The Morgan fingerprint density at radius 2 is 1.76 bits per heavy atom. The van der Waals surface area contributed by atoms with Gasteiger partial charge in [-0.3, -0.25) is 4.90 Å². The summed E-state index contributed by atoms with van der Waals surface area (Å²) in [6.45, 7) is 5.86. The average Bonchev–Trinajstić information content (AvgIpc) is 3.66. The van der Waals surface area contributed by atoms with Crippen LogP contribution in [0.3, 0.4) is 0 Å². The molecule has 1 atom stereocenters. The predicted octanol–water partition coefficient (Wildman–Crippen LogP) is 4.98. The molecule has 2 aliphatic rings. The minimum Gasteiger partial charge on any atom is -0.493 e. The molecule has 0 radical (unpaired) electrons. The second-order valence-corrected chi connectivity index (χ2v) is 10.6. The van der Waals surface area contributed by atoms with Crippen molar-refractivity contribution in [3.63, 3.8) is 0 Å². The van der Waals surface area contributed by atoms with Crippen LogP contribution in [0.15, 0.2) is 55.0 Å². The third-order valence-corrected chi connectivity index (χ3v) is 7.96. The Morgan fingerprint density at radius 1 is 0.976 bits per heavy atom. The molecule has 0 saturated carbocycles. The van der Waals surface area contributed by atoms with Gasteiger partial charge in [0.05, 0.1) is 38.9 Å². The van der Waals surface area contributed by atoms with E-state index in [1.54, 1.807) is 27.7 Å². The van der Waals surface area contributed by atoms with Crippen LogP contribution < -0.4 is 24.4 Å². The van der Waals surface area contributed by atoms with Crippen molar-refractivity contribution in [1.82, 2.24) is 24.4 Å². The van der Waals surface area contributed by atoms with Gasteiger partial charge in [-0.1, -0.05) is 30.3 Å². The highest BCUT2D eigenvalue weighted by Crippen LogP contribution is 2.39. The Morgan fingerprint density at radius 3 is 2.44 bits per heavy atom. The zero-order valence-corrected chi connectivity index (χ0v) is 24.1. The lowest BCUT2D eigenvalue weighted by atomic mass is 10.0. The summed E-state index contributed by atoms with van der Waals surface area (Å²) in [5, 5.41) is 3.54. The summed E-state index contributed by atoms with van der Waals surface area (Å²) in [5.41, 5.74) is 4.39. The molecule has 1 fully saturated rings. The van der Waals surface area contributed by atoms with Crippen molar-refractivity contribution in [2.45, 2.75) is 45.3 Å². The van der Waals surface area contributed by atoms with Crippen molar-refractivity contribution in [3.8, 4) is 22.9 Å². The molecule has 6 rings (SSSR count). The van der Waals surface area contributed by atoms with Crippen molar-refractivity contribution in [3.05, 3.63) is 71.8 Å². The maximum absolute atomic E-state index is 5.55. The second kappa shape index (κ2) is 11.7. The van der Waals surface area contributed by atoms with Gasteiger partial charge in [-0.2, -0.15) is 4.98 Å². The lowest BCUT2D eigenvalue weighted by Gasteiger charge is -2.31. The van der Waals surface area contributed by atoms with Gasteiger partial charge in [-0.05, 0) is 25.3 Å². The van der Waals surface area contributed by atoms with Crippen molar-refractivity contribution < 1.29 is 14.2 Å². The first-order chi connectivity index (χ1) is 20.1. The molecule has 0 amide bonds. The standard InChI is InChI=1S/C31H37N7O3/c1-21-9-8-13-38(21)31-33-25-12-14-36(17-22-10-6-5-7-11-22)18-24(25)30(35-31)34-28-19-37(20-32-28)23-15-26(39-2)29(41-4)27(16-23)40-3/h5-7,10-11,15-16,19-21H,8-9,12-14,17-18H2,1-4H3,(H,33,34,35)/t21-/m1/s1. The summed E-state index contributed by atoms with van der Waals surface area (Å²) in [5.74, 6) is 4.03. The van der Waals surface area contributed by atoms with Crippen molar-refractivity contribution >= 4 is 17.6 Å². The summed E-state index contributed by atoms with van der Waals surface area (Å²) in [6, 6.07) is 14.8. The molecule has 0 unspecified atom stereocenters. The van der Waals surface area contributed by atoms with Gasteiger partial charge < -0.3 is 29.0 Å². The molecular weight excluding hydrogens is 518 g/mol. The van der Waals surface area contributed by atoms with Crippen molar-refractivity contribution in [1.29, 1.82) is 0 Å². The SMILES string of the molecule is COc1cc(-n2cnc(Nc3nc(N4CCC[C@H]4C)nc4c3CN(Cc3ccccc3)CC4)c2)cc(OC)c1OC. The van der Waals surface area contributed by atoms with Gasteiger partial charge in [0, 0.05) is 56.3 Å². The number of methoxy groups -OCH3 is 3. The molecule has 4 aromatic rings. The number of nitrogens with zero attached hydrogens (tertiary/aromatic N) is 6. The van der Waals surface area contributed by atoms with E-state index in [0.717, 1.165) is 74.2 Å². The van der Waals surface area contributed by atoms with Gasteiger partial charge in [-0.25, -0.2) is 9.97 Å². The number of nitrogens with one attached hydrogen (secondary N) is 1. The number of rotatable bonds is 9. The predicted molar refractivity (Wildman–Crippen MR) is 159 cm³/mol. The van der Waals surface area contributed by atoms with E-state index in [1.165, 1.54) is 5.56 Å². The first-order valence-corrected chi connectivity index (χ1v) is 14.1. The van der Waals surface area contributed by atoms with Crippen molar-refractivity contribution in [2.24, 2.45) is 0 Å². The first-order valence-electron chi connectivity index (χ1n) is 14.1. The molecule has 1 N–H and O–H groups in total. The molecule has 10 nitrogen and oxygen atoms in total. The minimum atomic E-state index is 0.429. The topological polar surface area (TPSA) is 89.8 Å². The third-order valence-electron chi connectivity index (χ3n) is 7.96. The summed E-state index contributed by atoms with van der Waals surface area (Å²) < 4.78 is 18.5. The molecule has 2 aromatic carbocycles. The molecule has 2 aliphatic heterocycles. The van der Waals surface area contributed by atoms with Crippen LogP contribution in [0.25, 0.3) is 5.69 Å². The lowest BCUT2D eigenvalue weighted by Crippen LogP contribution is -2.34. The van der Waals surface area contributed by atoms with Gasteiger partial charge >= 0.3 is 0 Å². The number of hydrogen-bond acceptors (Lipinski definition) is 9. The van der Waals surface area contributed by atoms with E-state index in [-0.39, 0.29) is 0 Å². The molecule has 2 aromatic heterocycles. The van der Waals surface area contributed by atoms with E-state index >= 15 is 0 Å². The summed E-state index contributed by atoms with van der Waals surface area (Å²) in [4.78, 5) is 19.6. The third kappa shape index (κ3) is 5.52. The monoisotopic (exact) mass is 555 g/mol. The van der Waals surface area contributed by atoms with Crippen LogP contribution in [0.1, 0.15) is 36.6 Å². The number of hydrogen-bond donors (Lipinski definition) is 1. The highest BCUT2D eigenvalue weighted by Gasteiger charge is 2.28.